The second kappa shape index (κ2) is 5.94. The minimum Gasteiger partial charge on any atom is -0.374 e. The van der Waals surface area contributed by atoms with E-state index in [-0.39, 0.29) is 6.04 Å². The summed E-state index contributed by atoms with van der Waals surface area (Å²) in [7, 11) is 2.18. The molecule has 3 nitrogen and oxygen atoms in total. The summed E-state index contributed by atoms with van der Waals surface area (Å²) < 4.78 is 0. The molecule has 1 aromatic carbocycles. The zero-order valence-corrected chi connectivity index (χ0v) is 12.9. The molecule has 2 heterocycles. The van der Waals surface area contributed by atoms with Gasteiger partial charge in [0.05, 0.1) is 6.04 Å². The van der Waals surface area contributed by atoms with Crippen molar-refractivity contribution in [2.24, 2.45) is 0 Å². The van der Waals surface area contributed by atoms with Crippen LogP contribution < -0.4 is 10.2 Å². The average molecular weight is 287 g/mol. The van der Waals surface area contributed by atoms with Gasteiger partial charge < -0.3 is 10.2 Å². The molecule has 1 atom stereocenters. The number of anilines is 1. The van der Waals surface area contributed by atoms with Crippen LogP contribution in [0.2, 0.25) is 0 Å². The Balaban J connectivity index is 1.96. The lowest BCUT2D eigenvalue weighted by molar-refractivity contribution is 0.625. The minimum absolute atomic E-state index is 0.220. The quantitative estimate of drug-likeness (QED) is 0.936. The number of aryl methyl sites for hydroxylation is 1. The summed E-state index contributed by atoms with van der Waals surface area (Å²) in [4.78, 5) is 6.84. The minimum atomic E-state index is 0.220. The zero-order chi connectivity index (χ0) is 13.9. The number of benzene rings is 1. The first-order valence-corrected chi connectivity index (χ1v) is 8.14. The predicted octanol–water partition coefficient (Wildman–Crippen LogP) is 3.22. The van der Waals surface area contributed by atoms with Crippen LogP contribution in [0.5, 0.6) is 0 Å². The Bertz CT molecular complexity index is 565. The molecule has 1 N–H and O–H groups in total. The van der Waals surface area contributed by atoms with Gasteiger partial charge in [-0.3, -0.25) is 0 Å². The Morgan fingerprint density at radius 3 is 3.10 bits per heavy atom. The fraction of sp³-hybridized carbons (Fsp3) is 0.438. The molecule has 1 aliphatic heterocycles. The number of fused-ring (bicyclic) bond motifs is 1. The highest BCUT2D eigenvalue weighted by Crippen LogP contribution is 2.31. The van der Waals surface area contributed by atoms with Gasteiger partial charge in [-0.25, -0.2) is 4.98 Å². The van der Waals surface area contributed by atoms with E-state index in [1.54, 1.807) is 11.3 Å². The number of hydrogen-bond acceptors (Lipinski definition) is 4. The Hall–Kier alpha value is -1.39. The molecule has 0 amide bonds. The van der Waals surface area contributed by atoms with Crippen molar-refractivity contribution >= 4 is 17.0 Å². The van der Waals surface area contributed by atoms with Crippen LogP contribution in [-0.4, -0.2) is 25.1 Å². The largest absolute Gasteiger partial charge is 0.374 e. The summed E-state index contributed by atoms with van der Waals surface area (Å²) in [5.41, 5.74) is 4.18. The summed E-state index contributed by atoms with van der Waals surface area (Å²) in [6.45, 7) is 4.25. The standard InChI is InChI=1S/C16H21N3S/c1-3-17-15(16-18-8-10-20-16)13-6-7-14-12(11-13)5-4-9-19(14)2/h6-8,10-11,15,17H,3-5,9H2,1-2H3. The Kier molecular flexibility index (Phi) is 4.03. The van der Waals surface area contributed by atoms with E-state index in [1.165, 1.54) is 29.7 Å². The maximum absolute atomic E-state index is 4.48. The van der Waals surface area contributed by atoms with Gasteiger partial charge in [-0.2, -0.15) is 0 Å². The highest BCUT2D eigenvalue weighted by atomic mass is 32.1. The van der Waals surface area contributed by atoms with Crippen molar-refractivity contribution in [3.05, 3.63) is 45.9 Å². The van der Waals surface area contributed by atoms with Crippen molar-refractivity contribution in [3.63, 3.8) is 0 Å². The van der Waals surface area contributed by atoms with Crippen LogP contribution in [0, 0.1) is 0 Å². The van der Waals surface area contributed by atoms with Crippen LogP contribution in [0.25, 0.3) is 0 Å². The van der Waals surface area contributed by atoms with Crippen molar-refractivity contribution in [1.82, 2.24) is 10.3 Å². The third-order valence-electron chi connectivity index (χ3n) is 3.89. The number of rotatable bonds is 4. The number of nitrogens with zero attached hydrogens (tertiary/aromatic N) is 2. The summed E-state index contributed by atoms with van der Waals surface area (Å²) >= 11 is 1.72. The molecule has 106 valence electrons. The molecule has 0 aliphatic carbocycles. The Labute approximate surface area is 124 Å². The second-order valence-corrected chi connectivity index (χ2v) is 6.20. The molecule has 0 radical (unpaired) electrons. The van der Waals surface area contributed by atoms with E-state index in [9.17, 15) is 0 Å². The van der Waals surface area contributed by atoms with Gasteiger partial charge in [0.15, 0.2) is 0 Å². The van der Waals surface area contributed by atoms with Crippen molar-refractivity contribution in [2.75, 3.05) is 25.0 Å². The number of hydrogen-bond donors (Lipinski definition) is 1. The number of nitrogens with one attached hydrogen (secondary N) is 1. The molecule has 0 spiro atoms. The first-order chi connectivity index (χ1) is 9.79. The molecule has 1 aromatic heterocycles. The summed E-state index contributed by atoms with van der Waals surface area (Å²) in [5, 5.41) is 6.75. The molecular weight excluding hydrogens is 266 g/mol. The van der Waals surface area contributed by atoms with E-state index in [1.807, 2.05) is 11.6 Å². The van der Waals surface area contributed by atoms with Gasteiger partial charge in [-0.05, 0) is 36.6 Å². The van der Waals surface area contributed by atoms with Crippen molar-refractivity contribution in [1.29, 1.82) is 0 Å². The number of aromatic nitrogens is 1. The fourth-order valence-electron chi connectivity index (χ4n) is 2.91. The maximum atomic E-state index is 4.48. The summed E-state index contributed by atoms with van der Waals surface area (Å²) in [6.07, 6.45) is 4.32. The van der Waals surface area contributed by atoms with Gasteiger partial charge in [0, 0.05) is 30.9 Å². The topological polar surface area (TPSA) is 28.2 Å². The van der Waals surface area contributed by atoms with Crippen molar-refractivity contribution in [3.8, 4) is 0 Å². The molecule has 0 saturated carbocycles. The highest BCUT2D eigenvalue weighted by Gasteiger charge is 2.19. The monoisotopic (exact) mass is 287 g/mol. The molecule has 2 aromatic rings. The molecule has 0 bridgehead atoms. The van der Waals surface area contributed by atoms with E-state index in [0.29, 0.717) is 0 Å². The molecule has 1 aliphatic rings. The first kappa shape index (κ1) is 13.6. The molecule has 1 unspecified atom stereocenters. The smallest absolute Gasteiger partial charge is 0.114 e. The average Bonchev–Trinajstić information content (AvgIpc) is 2.98. The van der Waals surface area contributed by atoms with E-state index < -0.39 is 0 Å². The lowest BCUT2D eigenvalue weighted by Gasteiger charge is -2.28. The summed E-state index contributed by atoms with van der Waals surface area (Å²) in [6, 6.07) is 7.09. The van der Waals surface area contributed by atoms with E-state index in [4.69, 9.17) is 0 Å². The molecule has 20 heavy (non-hydrogen) atoms. The van der Waals surface area contributed by atoms with Crippen LogP contribution in [-0.2, 0) is 6.42 Å². The molecule has 0 fully saturated rings. The van der Waals surface area contributed by atoms with Gasteiger partial charge in [-0.15, -0.1) is 11.3 Å². The van der Waals surface area contributed by atoms with E-state index in [2.05, 4.69) is 47.4 Å². The molecule has 0 saturated heterocycles. The third-order valence-corrected chi connectivity index (χ3v) is 4.73. The highest BCUT2D eigenvalue weighted by molar-refractivity contribution is 7.09. The Morgan fingerprint density at radius 2 is 2.35 bits per heavy atom. The van der Waals surface area contributed by atoms with Crippen LogP contribution in [0.1, 0.15) is 35.5 Å². The Morgan fingerprint density at radius 1 is 1.45 bits per heavy atom. The van der Waals surface area contributed by atoms with Gasteiger partial charge in [0.25, 0.3) is 0 Å². The predicted molar refractivity (Wildman–Crippen MR) is 85.7 cm³/mol. The van der Waals surface area contributed by atoms with E-state index in [0.717, 1.165) is 18.1 Å². The molecular formula is C16H21N3S. The zero-order valence-electron chi connectivity index (χ0n) is 12.1. The van der Waals surface area contributed by atoms with E-state index >= 15 is 0 Å². The maximum Gasteiger partial charge on any atom is 0.114 e. The lowest BCUT2D eigenvalue weighted by Crippen LogP contribution is -2.26. The van der Waals surface area contributed by atoms with Crippen LogP contribution in [0.4, 0.5) is 5.69 Å². The number of thiazole rings is 1. The van der Waals surface area contributed by atoms with Crippen LogP contribution in [0.3, 0.4) is 0 Å². The third kappa shape index (κ3) is 2.58. The van der Waals surface area contributed by atoms with Gasteiger partial charge in [-0.1, -0.05) is 19.1 Å². The van der Waals surface area contributed by atoms with Crippen molar-refractivity contribution in [2.45, 2.75) is 25.8 Å². The van der Waals surface area contributed by atoms with Crippen molar-refractivity contribution < 1.29 is 0 Å². The second-order valence-electron chi connectivity index (χ2n) is 5.27. The van der Waals surface area contributed by atoms with Gasteiger partial charge in [0.2, 0.25) is 0 Å². The normalized spacial score (nSPS) is 16.0. The summed E-state index contributed by atoms with van der Waals surface area (Å²) in [5.74, 6) is 0. The van der Waals surface area contributed by atoms with Crippen LogP contribution in [0.15, 0.2) is 29.8 Å². The fourth-order valence-corrected chi connectivity index (χ4v) is 3.65. The SMILES string of the molecule is CCNC(c1ccc2c(c1)CCCN2C)c1nccs1. The molecule has 3 rings (SSSR count). The lowest BCUT2D eigenvalue weighted by atomic mass is 9.97. The van der Waals surface area contributed by atoms with Gasteiger partial charge in [0.1, 0.15) is 5.01 Å². The molecule has 4 heteroatoms. The first-order valence-electron chi connectivity index (χ1n) is 7.26. The van der Waals surface area contributed by atoms with Crippen LogP contribution >= 0.6 is 11.3 Å². The van der Waals surface area contributed by atoms with Gasteiger partial charge >= 0.3 is 0 Å².